The van der Waals surface area contributed by atoms with Crippen LogP contribution in [0, 0.1) is 6.92 Å². The van der Waals surface area contributed by atoms with Crippen molar-refractivity contribution in [2.75, 3.05) is 13.1 Å². The summed E-state index contributed by atoms with van der Waals surface area (Å²) in [5.41, 5.74) is 7.14. The molecule has 3 nitrogen and oxygen atoms in total. The highest BCUT2D eigenvalue weighted by atomic mass is 79.9. The van der Waals surface area contributed by atoms with Crippen molar-refractivity contribution in [3.8, 4) is 0 Å². The predicted molar refractivity (Wildman–Crippen MR) is 69.5 cm³/mol. The molecular formula is C12H17BrN2O. The molecule has 0 aliphatic rings. The van der Waals surface area contributed by atoms with Crippen LogP contribution in [0.4, 0.5) is 0 Å². The van der Waals surface area contributed by atoms with Crippen LogP contribution in [-0.2, 0) is 0 Å². The van der Waals surface area contributed by atoms with Gasteiger partial charge in [0.25, 0.3) is 5.91 Å². The summed E-state index contributed by atoms with van der Waals surface area (Å²) in [6, 6.07) is 5.68. The highest BCUT2D eigenvalue weighted by molar-refractivity contribution is 9.10. The van der Waals surface area contributed by atoms with Crippen molar-refractivity contribution in [1.82, 2.24) is 5.32 Å². The maximum Gasteiger partial charge on any atom is 0.251 e. The number of unbranched alkanes of at least 4 members (excludes halogenated alkanes) is 1. The predicted octanol–water partition coefficient (Wildman–Crippen LogP) is 2.23. The smallest absolute Gasteiger partial charge is 0.251 e. The van der Waals surface area contributed by atoms with Crippen LogP contribution >= 0.6 is 15.9 Å². The molecule has 0 bridgehead atoms. The van der Waals surface area contributed by atoms with E-state index in [0.717, 1.165) is 22.9 Å². The SMILES string of the molecule is Cc1cc(Br)cc(C(=O)NCCCCN)c1. The molecule has 0 atom stereocenters. The highest BCUT2D eigenvalue weighted by Crippen LogP contribution is 2.15. The van der Waals surface area contributed by atoms with Crippen LogP contribution in [0.5, 0.6) is 0 Å². The fraction of sp³-hybridized carbons (Fsp3) is 0.417. The van der Waals surface area contributed by atoms with E-state index in [4.69, 9.17) is 5.73 Å². The molecule has 1 aromatic rings. The Kier molecular flexibility index (Phi) is 5.49. The molecule has 0 radical (unpaired) electrons. The van der Waals surface area contributed by atoms with Crippen LogP contribution in [0.1, 0.15) is 28.8 Å². The van der Waals surface area contributed by atoms with Crippen LogP contribution < -0.4 is 11.1 Å². The van der Waals surface area contributed by atoms with Gasteiger partial charge in [0.05, 0.1) is 0 Å². The topological polar surface area (TPSA) is 55.1 Å². The molecule has 0 aliphatic carbocycles. The van der Waals surface area contributed by atoms with Crippen molar-refractivity contribution in [1.29, 1.82) is 0 Å². The van der Waals surface area contributed by atoms with Gasteiger partial charge in [-0.15, -0.1) is 0 Å². The van der Waals surface area contributed by atoms with Gasteiger partial charge in [0.2, 0.25) is 0 Å². The largest absolute Gasteiger partial charge is 0.352 e. The van der Waals surface area contributed by atoms with Gasteiger partial charge in [-0.2, -0.15) is 0 Å². The molecule has 16 heavy (non-hydrogen) atoms. The molecule has 3 N–H and O–H groups in total. The van der Waals surface area contributed by atoms with E-state index in [1.54, 1.807) is 0 Å². The zero-order valence-corrected chi connectivity index (χ0v) is 11.0. The number of hydrogen-bond donors (Lipinski definition) is 2. The monoisotopic (exact) mass is 284 g/mol. The van der Waals surface area contributed by atoms with Gasteiger partial charge in [-0.25, -0.2) is 0 Å². The number of carbonyl (C=O) groups excluding carboxylic acids is 1. The Morgan fingerprint density at radius 3 is 2.75 bits per heavy atom. The summed E-state index contributed by atoms with van der Waals surface area (Å²) in [6.45, 7) is 3.32. The van der Waals surface area contributed by atoms with E-state index in [9.17, 15) is 4.79 Å². The van der Waals surface area contributed by atoms with Crippen LogP contribution in [-0.4, -0.2) is 19.0 Å². The Morgan fingerprint density at radius 2 is 2.12 bits per heavy atom. The van der Waals surface area contributed by atoms with E-state index < -0.39 is 0 Å². The standard InChI is InChI=1S/C12H17BrN2O/c1-9-6-10(8-11(13)7-9)12(16)15-5-3-2-4-14/h6-8H,2-5,14H2,1H3,(H,15,16). The highest BCUT2D eigenvalue weighted by Gasteiger charge is 2.05. The fourth-order valence-corrected chi connectivity index (χ4v) is 2.05. The maximum absolute atomic E-state index is 11.7. The van der Waals surface area contributed by atoms with E-state index in [-0.39, 0.29) is 5.91 Å². The molecule has 0 fully saturated rings. The molecule has 0 heterocycles. The number of amides is 1. The first-order chi connectivity index (χ1) is 7.63. The maximum atomic E-state index is 11.7. The summed E-state index contributed by atoms with van der Waals surface area (Å²) in [5, 5.41) is 2.87. The van der Waals surface area contributed by atoms with Crippen LogP contribution in [0.25, 0.3) is 0 Å². The summed E-state index contributed by atoms with van der Waals surface area (Å²) >= 11 is 3.38. The Hall–Kier alpha value is -0.870. The summed E-state index contributed by atoms with van der Waals surface area (Å²) in [4.78, 5) is 11.7. The Balaban J connectivity index is 2.52. The molecule has 1 aromatic carbocycles. The third kappa shape index (κ3) is 4.33. The first-order valence-corrected chi connectivity index (χ1v) is 6.18. The number of carbonyl (C=O) groups is 1. The molecule has 0 saturated carbocycles. The van der Waals surface area contributed by atoms with Crippen molar-refractivity contribution in [3.63, 3.8) is 0 Å². The minimum atomic E-state index is -0.0265. The molecule has 0 aliphatic heterocycles. The minimum Gasteiger partial charge on any atom is -0.352 e. The van der Waals surface area contributed by atoms with Crippen molar-refractivity contribution in [3.05, 3.63) is 33.8 Å². The summed E-state index contributed by atoms with van der Waals surface area (Å²) in [5.74, 6) is -0.0265. The lowest BCUT2D eigenvalue weighted by Gasteiger charge is -2.06. The van der Waals surface area contributed by atoms with E-state index in [1.165, 1.54) is 0 Å². The van der Waals surface area contributed by atoms with Crippen LogP contribution in [0.15, 0.2) is 22.7 Å². The molecule has 1 rings (SSSR count). The minimum absolute atomic E-state index is 0.0265. The van der Waals surface area contributed by atoms with Gasteiger partial charge >= 0.3 is 0 Å². The van der Waals surface area contributed by atoms with E-state index in [1.807, 2.05) is 25.1 Å². The second-order valence-electron chi connectivity index (χ2n) is 3.77. The van der Waals surface area contributed by atoms with Crippen molar-refractivity contribution in [2.24, 2.45) is 5.73 Å². The summed E-state index contributed by atoms with van der Waals surface area (Å²) < 4.78 is 0.930. The van der Waals surface area contributed by atoms with E-state index in [0.29, 0.717) is 18.7 Å². The van der Waals surface area contributed by atoms with Gasteiger partial charge < -0.3 is 11.1 Å². The normalized spacial score (nSPS) is 10.2. The van der Waals surface area contributed by atoms with Crippen LogP contribution in [0.2, 0.25) is 0 Å². The Bertz CT molecular complexity index is 346. The number of nitrogens with two attached hydrogens (primary N) is 1. The Morgan fingerprint density at radius 1 is 1.38 bits per heavy atom. The lowest BCUT2D eigenvalue weighted by atomic mass is 10.1. The number of rotatable bonds is 5. The van der Waals surface area contributed by atoms with Crippen molar-refractivity contribution >= 4 is 21.8 Å². The van der Waals surface area contributed by atoms with Gasteiger partial charge in [0, 0.05) is 16.6 Å². The average Bonchev–Trinajstić information content (AvgIpc) is 2.22. The number of nitrogens with one attached hydrogen (secondary N) is 1. The quantitative estimate of drug-likeness (QED) is 0.815. The molecular weight excluding hydrogens is 268 g/mol. The first-order valence-electron chi connectivity index (χ1n) is 5.39. The van der Waals surface area contributed by atoms with Crippen molar-refractivity contribution in [2.45, 2.75) is 19.8 Å². The van der Waals surface area contributed by atoms with Gasteiger partial charge in [-0.3, -0.25) is 4.79 Å². The number of hydrogen-bond acceptors (Lipinski definition) is 2. The Labute approximate surface area is 105 Å². The lowest BCUT2D eigenvalue weighted by molar-refractivity contribution is 0.0953. The van der Waals surface area contributed by atoms with Gasteiger partial charge in [0.1, 0.15) is 0 Å². The molecule has 0 unspecified atom stereocenters. The molecule has 0 spiro atoms. The number of benzene rings is 1. The molecule has 0 saturated heterocycles. The van der Waals surface area contributed by atoms with E-state index in [2.05, 4.69) is 21.2 Å². The van der Waals surface area contributed by atoms with Gasteiger partial charge in [0.15, 0.2) is 0 Å². The second kappa shape index (κ2) is 6.66. The van der Waals surface area contributed by atoms with Gasteiger partial charge in [-0.05, 0) is 50.1 Å². The zero-order chi connectivity index (χ0) is 12.0. The molecule has 88 valence electrons. The lowest BCUT2D eigenvalue weighted by Crippen LogP contribution is -2.24. The second-order valence-corrected chi connectivity index (χ2v) is 4.68. The third-order valence-corrected chi connectivity index (χ3v) is 2.68. The summed E-state index contributed by atoms with van der Waals surface area (Å²) in [6.07, 6.45) is 1.87. The van der Waals surface area contributed by atoms with Crippen LogP contribution in [0.3, 0.4) is 0 Å². The van der Waals surface area contributed by atoms with Crippen molar-refractivity contribution < 1.29 is 4.79 Å². The molecule has 0 aromatic heterocycles. The summed E-state index contributed by atoms with van der Waals surface area (Å²) in [7, 11) is 0. The average molecular weight is 285 g/mol. The number of halogens is 1. The fourth-order valence-electron chi connectivity index (χ4n) is 1.44. The number of aryl methyl sites for hydroxylation is 1. The molecule has 4 heteroatoms. The third-order valence-electron chi connectivity index (χ3n) is 2.22. The molecule has 1 amide bonds. The van der Waals surface area contributed by atoms with E-state index >= 15 is 0 Å². The first kappa shape index (κ1) is 13.2. The van der Waals surface area contributed by atoms with Gasteiger partial charge in [-0.1, -0.05) is 15.9 Å². The zero-order valence-electron chi connectivity index (χ0n) is 9.42.